The Morgan fingerprint density at radius 2 is 2.26 bits per heavy atom. The van der Waals surface area contributed by atoms with E-state index in [1.165, 1.54) is 68.7 Å². The Labute approximate surface area is 120 Å². The molecule has 1 saturated heterocycles. The van der Waals surface area contributed by atoms with Crippen LogP contribution in [0.4, 0.5) is 0 Å². The predicted octanol–water partition coefficient (Wildman–Crippen LogP) is 2.60. The molecular weight excluding hydrogens is 254 g/mol. The third kappa shape index (κ3) is 3.77. The summed E-state index contributed by atoms with van der Waals surface area (Å²) in [5, 5.41) is 3.71. The number of likely N-dealkylation sites (tertiary alicyclic amines) is 1. The summed E-state index contributed by atoms with van der Waals surface area (Å²) in [6.45, 7) is 5.83. The highest BCUT2D eigenvalue weighted by molar-refractivity contribution is 7.09. The van der Waals surface area contributed by atoms with Gasteiger partial charge in [-0.2, -0.15) is 0 Å². The maximum absolute atomic E-state index is 4.35. The molecule has 1 aromatic rings. The quantitative estimate of drug-likeness (QED) is 0.867. The van der Waals surface area contributed by atoms with Crippen molar-refractivity contribution in [3.8, 4) is 0 Å². The Bertz CT molecular complexity index is 400. The SMILES string of the molecule is Cc1ncsc1CCN1CCCCC1CNC1CC1. The molecule has 0 aromatic carbocycles. The molecule has 3 rings (SSSR count). The van der Waals surface area contributed by atoms with Gasteiger partial charge >= 0.3 is 0 Å². The third-order valence-electron chi connectivity index (χ3n) is 4.44. The van der Waals surface area contributed by atoms with Crippen molar-refractivity contribution in [3.63, 3.8) is 0 Å². The average molecular weight is 279 g/mol. The van der Waals surface area contributed by atoms with Crippen LogP contribution in [-0.2, 0) is 6.42 Å². The lowest BCUT2D eigenvalue weighted by Crippen LogP contribution is -2.46. The molecule has 1 saturated carbocycles. The fraction of sp³-hybridized carbons (Fsp3) is 0.800. The highest BCUT2D eigenvalue weighted by atomic mass is 32.1. The standard InChI is InChI=1S/C15H25N3S/c1-12-15(19-11-17-12)7-9-18-8-3-2-4-14(18)10-16-13-5-6-13/h11,13-14,16H,2-10H2,1H3. The van der Waals surface area contributed by atoms with Gasteiger partial charge in [0.15, 0.2) is 0 Å². The Balaban J connectivity index is 1.49. The van der Waals surface area contributed by atoms with Crippen LogP contribution < -0.4 is 5.32 Å². The maximum atomic E-state index is 4.35. The minimum Gasteiger partial charge on any atom is -0.312 e. The summed E-state index contributed by atoms with van der Waals surface area (Å²) in [6, 6.07) is 1.61. The smallest absolute Gasteiger partial charge is 0.0797 e. The molecule has 1 aromatic heterocycles. The highest BCUT2D eigenvalue weighted by Gasteiger charge is 2.26. The van der Waals surface area contributed by atoms with Crippen molar-refractivity contribution in [2.75, 3.05) is 19.6 Å². The molecule has 0 spiro atoms. The molecule has 2 aliphatic rings. The van der Waals surface area contributed by atoms with E-state index in [1.54, 1.807) is 0 Å². The zero-order chi connectivity index (χ0) is 13.1. The lowest BCUT2D eigenvalue weighted by atomic mass is 10.0. The van der Waals surface area contributed by atoms with E-state index in [-0.39, 0.29) is 0 Å². The Kier molecular flexibility index (Phi) is 4.51. The van der Waals surface area contributed by atoms with Gasteiger partial charge in [0.2, 0.25) is 0 Å². The molecule has 1 N–H and O–H groups in total. The van der Waals surface area contributed by atoms with Gasteiger partial charge in [-0.1, -0.05) is 6.42 Å². The van der Waals surface area contributed by atoms with Crippen LogP contribution in [0.5, 0.6) is 0 Å². The minimum atomic E-state index is 0.766. The molecule has 2 fully saturated rings. The summed E-state index contributed by atoms with van der Waals surface area (Å²) < 4.78 is 0. The average Bonchev–Trinajstić information content (AvgIpc) is 3.17. The first kappa shape index (κ1) is 13.5. The van der Waals surface area contributed by atoms with Gasteiger partial charge in [-0.25, -0.2) is 4.98 Å². The number of nitrogens with one attached hydrogen (secondary N) is 1. The first-order valence-corrected chi connectivity index (χ1v) is 8.57. The molecule has 1 aliphatic carbocycles. The van der Waals surface area contributed by atoms with E-state index in [1.807, 2.05) is 16.8 Å². The Morgan fingerprint density at radius 3 is 3.00 bits per heavy atom. The summed E-state index contributed by atoms with van der Waals surface area (Å²) in [4.78, 5) is 8.53. The molecule has 106 valence electrons. The second-order valence-corrected chi connectivity index (χ2v) is 6.92. The monoisotopic (exact) mass is 279 g/mol. The molecule has 4 heteroatoms. The van der Waals surface area contributed by atoms with Crippen LogP contribution in [0.3, 0.4) is 0 Å². The fourth-order valence-electron chi connectivity index (χ4n) is 2.99. The zero-order valence-corrected chi connectivity index (χ0v) is 12.7. The summed E-state index contributed by atoms with van der Waals surface area (Å²) >= 11 is 1.81. The number of aromatic nitrogens is 1. The number of nitrogens with zero attached hydrogens (tertiary/aromatic N) is 2. The molecule has 0 bridgehead atoms. The van der Waals surface area contributed by atoms with Gasteiger partial charge in [0, 0.05) is 30.1 Å². The van der Waals surface area contributed by atoms with Crippen molar-refractivity contribution in [3.05, 3.63) is 16.1 Å². The van der Waals surface area contributed by atoms with Crippen LogP contribution in [0.1, 0.15) is 42.7 Å². The summed E-state index contributed by atoms with van der Waals surface area (Å²) in [7, 11) is 0. The molecule has 0 radical (unpaired) electrons. The number of thiazole rings is 1. The van der Waals surface area contributed by atoms with Crippen molar-refractivity contribution in [1.82, 2.24) is 15.2 Å². The molecule has 1 aliphatic heterocycles. The van der Waals surface area contributed by atoms with Gasteiger partial charge in [-0.05, 0) is 45.6 Å². The largest absolute Gasteiger partial charge is 0.312 e. The van der Waals surface area contributed by atoms with Crippen LogP contribution >= 0.6 is 11.3 Å². The van der Waals surface area contributed by atoms with Gasteiger partial charge in [0.05, 0.1) is 11.2 Å². The van der Waals surface area contributed by atoms with Gasteiger partial charge in [0.25, 0.3) is 0 Å². The van der Waals surface area contributed by atoms with Crippen LogP contribution in [0, 0.1) is 6.92 Å². The summed E-state index contributed by atoms with van der Waals surface area (Å²) in [5.74, 6) is 0. The van der Waals surface area contributed by atoms with Crippen molar-refractivity contribution < 1.29 is 0 Å². The Hall–Kier alpha value is -0.450. The van der Waals surface area contributed by atoms with E-state index in [0.29, 0.717) is 0 Å². The Morgan fingerprint density at radius 1 is 1.37 bits per heavy atom. The van der Waals surface area contributed by atoms with E-state index < -0.39 is 0 Å². The topological polar surface area (TPSA) is 28.2 Å². The van der Waals surface area contributed by atoms with Crippen LogP contribution in [0.2, 0.25) is 0 Å². The second-order valence-electron chi connectivity index (χ2n) is 5.98. The third-order valence-corrected chi connectivity index (χ3v) is 5.43. The van der Waals surface area contributed by atoms with Gasteiger partial charge < -0.3 is 5.32 Å². The lowest BCUT2D eigenvalue weighted by Gasteiger charge is -2.36. The number of hydrogen-bond donors (Lipinski definition) is 1. The van der Waals surface area contributed by atoms with Gasteiger partial charge in [-0.3, -0.25) is 4.90 Å². The van der Waals surface area contributed by atoms with Crippen LogP contribution in [-0.4, -0.2) is 41.6 Å². The first-order valence-electron chi connectivity index (χ1n) is 7.69. The predicted molar refractivity (Wildman–Crippen MR) is 80.8 cm³/mol. The van der Waals surface area contributed by atoms with Crippen LogP contribution in [0.15, 0.2) is 5.51 Å². The maximum Gasteiger partial charge on any atom is 0.0797 e. The molecule has 0 amide bonds. The number of hydrogen-bond acceptors (Lipinski definition) is 4. The van der Waals surface area contributed by atoms with Gasteiger partial charge in [0.1, 0.15) is 0 Å². The summed E-state index contributed by atoms with van der Waals surface area (Å²) in [6.07, 6.45) is 8.13. The normalized spacial score (nSPS) is 24.8. The molecule has 2 heterocycles. The molecule has 3 nitrogen and oxygen atoms in total. The van der Waals surface area contributed by atoms with Crippen LogP contribution in [0.25, 0.3) is 0 Å². The molecular formula is C15H25N3S. The van der Waals surface area contributed by atoms with E-state index in [2.05, 4.69) is 22.1 Å². The van der Waals surface area contributed by atoms with E-state index in [9.17, 15) is 0 Å². The van der Waals surface area contributed by atoms with Crippen molar-refractivity contribution >= 4 is 11.3 Å². The zero-order valence-electron chi connectivity index (χ0n) is 11.9. The van der Waals surface area contributed by atoms with Crippen molar-refractivity contribution in [2.45, 2.75) is 57.5 Å². The van der Waals surface area contributed by atoms with Gasteiger partial charge in [-0.15, -0.1) is 11.3 Å². The van der Waals surface area contributed by atoms with E-state index in [4.69, 9.17) is 0 Å². The lowest BCUT2D eigenvalue weighted by molar-refractivity contribution is 0.147. The molecule has 19 heavy (non-hydrogen) atoms. The molecule has 1 atom stereocenters. The number of aryl methyl sites for hydroxylation is 1. The van der Waals surface area contributed by atoms with Crippen molar-refractivity contribution in [1.29, 1.82) is 0 Å². The second kappa shape index (κ2) is 6.33. The van der Waals surface area contributed by atoms with E-state index >= 15 is 0 Å². The van der Waals surface area contributed by atoms with E-state index in [0.717, 1.165) is 12.1 Å². The summed E-state index contributed by atoms with van der Waals surface area (Å²) in [5.41, 5.74) is 3.21. The highest BCUT2D eigenvalue weighted by Crippen LogP contribution is 2.22. The molecule has 1 unspecified atom stereocenters. The minimum absolute atomic E-state index is 0.766. The number of rotatable bonds is 6. The van der Waals surface area contributed by atoms with Crippen molar-refractivity contribution in [2.24, 2.45) is 0 Å². The number of piperidine rings is 1. The first-order chi connectivity index (χ1) is 9.33. The fourth-order valence-corrected chi connectivity index (χ4v) is 3.76.